The molecule has 0 aliphatic heterocycles. The molecule has 0 spiro atoms. The Labute approximate surface area is 136 Å². The summed E-state index contributed by atoms with van der Waals surface area (Å²) in [7, 11) is 0. The lowest BCUT2D eigenvalue weighted by molar-refractivity contribution is -0.210. The van der Waals surface area contributed by atoms with Gasteiger partial charge in [-0.15, -0.1) is 0 Å². The predicted molar refractivity (Wildman–Crippen MR) is 88.3 cm³/mol. The Morgan fingerprint density at radius 3 is 2.27 bits per heavy atom. The quantitative estimate of drug-likeness (QED) is 0.522. The molecule has 3 nitrogen and oxygen atoms in total. The van der Waals surface area contributed by atoms with E-state index in [1.807, 2.05) is 20.8 Å². The maximum absolute atomic E-state index is 12.5. The Bertz CT molecular complexity index is 394. The van der Waals surface area contributed by atoms with Crippen LogP contribution in [-0.4, -0.2) is 18.9 Å². The summed E-state index contributed by atoms with van der Waals surface area (Å²) in [6.07, 6.45) is 5.52. The molecule has 4 atom stereocenters. The molecule has 0 amide bonds. The fourth-order valence-corrected chi connectivity index (χ4v) is 3.61. The van der Waals surface area contributed by atoms with E-state index in [0.29, 0.717) is 18.4 Å². The summed E-state index contributed by atoms with van der Waals surface area (Å²) in [5, 5.41) is 0. The van der Waals surface area contributed by atoms with Crippen molar-refractivity contribution in [1.82, 2.24) is 0 Å². The average Bonchev–Trinajstić information content (AvgIpc) is 3.04. The molecule has 0 saturated heterocycles. The van der Waals surface area contributed by atoms with Gasteiger partial charge >= 0.3 is 5.97 Å². The van der Waals surface area contributed by atoms with Crippen molar-refractivity contribution in [2.45, 2.75) is 79.9 Å². The van der Waals surface area contributed by atoms with Crippen molar-refractivity contribution in [3.05, 3.63) is 0 Å². The maximum Gasteiger partial charge on any atom is 0.313 e. The van der Waals surface area contributed by atoms with Crippen LogP contribution in [0.5, 0.6) is 0 Å². The van der Waals surface area contributed by atoms with Crippen molar-refractivity contribution < 1.29 is 14.3 Å². The van der Waals surface area contributed by atoms with E-state index in [0.717, 1.165) is 12.3 Å². The van der Waals surface area contributed by atoms with Gasteiger partial charge in [-0.2, -0.15) is 0 Å². The smallest absolute Gasteiger partial charge is 0.313 e. The fraction of sp³-hybridized carbons (Fsp3) is 0.947. The molecule has 2 aliphatic rings. The number of carbonyl (C=O) groups excluding carboxylic acids is 1. The second kappa shape index (κ2) is 6.51. The summed E-state index contributed by atoms with van der Waals surface area (Å²) in [5.74, 6) is 1.80. The lowest BCUT2D eigenvalue weighted by Gasteiger charge is -2.34. The molecule has 2 bridgehead atoms. The van der Waals surface area contributed by atoms with Crippen LogP contribution in [0.1, 0.15) is 73.6 Å². The SMILES string of the molecule is CCC(C)(C)C(=O)OC(OCC(C)(C)C)C1CC2CCC1C2. The van der Waals surface area contributed by atoms with Gasteiger partial charge in [0.2, 0.25) is 6.29 Å². The summed E-state index contributed by atoms with van der Waals surface area (Å²) < 4.78 is 12.0. The van der Waals surface area contributed by atoms with E-state index < -0.39 is 5.41 Å². The van der Waals surface area contributed by atoms with Gasteiger partial charge in [-0.25, -0.2) is 0 Å². The van der Waals surface area contributed by atoms with E-state index in [-0.39, 0.29) is 17.7 Å². The maximum atomic E-state index is 12.5. The molecule has 0 radical (unpaired) electrons. The minimum atomic E-state index is -0.430. The normalized spacial score (nSPS) is 29.6. The molecule has 2 aliphatic carbocycles. The van der Waals surface area contributed by atoms with Crippen LogP contribution in [0.2, 0.25) is 0 Å². The third-order valence-corrected chi connectivity index (χ3v) is 5.48. The van der Waals surface area contributed by atoms with Gasteiger partial charge in [0.05, 0.1) is 12.0 Å². The molecule has 0 aromatic carbocycles. The number of esters is 1. The second-order valence-electron chi connectivity index (χ2n) is 9.22. The minimum absolute atomic E-state index is 0.0859. The second-order valence-corrected chi connectivity index (χ2v) is 9.22. The summed E-state index contributed by atoms with van der Waals surface area (Å²) in [5.41, 5.74) is -0.344. The van der Waals surface area contributed by atoms with Crippen LogP contribution in [0.4, 0.5) is 0 Å². The van der Waals surface area contributed by atoms with E-state index in [1.54, 1.807) is 0 Å². The van der Waals surface area contributed by atoms with Crippen molar-refractivity contribution >= 4 is 5.97 Å². The monoisotopic (exact) mass is 310 g/mol. The Kier molecular flexibility index (Phi) is 5.26. The van der Waals surface area contributed by atoms with Gasteiger partial charge in [-0.05, 0) is 56.8 Å². The van der Waals surface area contributed by atoms with E-state index in [2.05, 4.69) is 20.8 Å². The van der Waals surface area contributed by atoms with Crippen LogP contribution >= 0.6 is 0 Å². The van der Waals surface area contributed by atoms with Gasteiger partial charge in [0.15, 0.2) is 0 Å². The summed E-state index contributed by atoms with van der Waals surface area (Å²) in [6.45, 7) is 13.0. The molecule has 2 rings (SSSR count). The van der Waals surface area contributed by atoms with Crippen LogP contribution in [0.25, 0.3) is 0 Å². The highest BCUT2D eigenvalue weighted by Gasteiger charge is 2.46. The fourth-order valence-electron chi connectivity index (χ4n) is 3.61. The van der Waals surface area contributed by atoms with Gasteiger partial charge in [0, 0.05) is 5.92 Å². The van der Waals surface area contributed by atoms with Crippen molar-refractivity contribution in [3.63, 3.8) is 0 Å². The third-order valence-electron chi connectivity index (χ3n) is 5.48. The molecular weight excluding hydrogens is 276 g/mol. The molecule has 0 N–H and O–H groups in total. The number of hydrogen-bond acceptors (Lipinski definition) is 3. The highest BCUT2D eigenvalue weighted by Crippen LogP contribution is 2.50. The zero-order valence-electron chi connectivity index (χ0n) is 15.3. The van der Waals surface area contributed by atoms with E-state index in [1.165, 1.54) is 25.7 Å². The highest BCUT2D eigenvalue weighted by atomic mass is 16.7. The van der Waals surface area contributed by atoms with Crippen molar-refractivity contribution in [1.29, 1.82) is 0 Å². The highest BCUT2D eigenvalue weighted by molar-refractivity contribution is 5.75. The molecule has 22 heavy (non-hydrogen) atoms. The molecule has 3 heteroatoms. The number of hydrogen-bond donors (Lipinski definition) is 0. The van der Waals surface area contributed by atoms with Crippen molar-refractivity contribution in [3.8, 4) is 0 Å². The number of carbonyl (C=O) groups is 1. The van der Waals surface area contributed by atoms with Gasteiger partial charge in [-0.1, -0.05) is 34.1 Å². The first-order chi connectivity index (χ1) is 10.1. The van der Waals surface area contributed by atoms with E-state index in [4.69, 9.17) is 9.47 Å². The first-order valence-electron chi connectivity index (χ1n) is 8.95. The van der Waals surface area contributed by atoms with Gasteiger partial charge in [-0.3, -0.25) is 4.79 Å². The Balaban J connectivity index is 2.03. The number of ether oxygens (including phenoxy) is 2. The summed E-state index contributed by atoms with van der Waals surface area (Å²) in [4.78, 5) is 12.5. The van der Waals surface area contributed by atoms with Crippen molar-refractivity contribution in [2.75, 3.05) is 6.61 Å². The topological polar surface area (TPSA) is 35.5 Å². The Hall–Kier alpha value is -0.570. The van der Waals surface area contributed by atoms with E-state index >= 15 is 0 Å². The van der Waals surface area contributed by atoms with E-state index in [9.17, 15) is 4.79 Å². The van der Waals surface area contributed by atoms with Crippen LogP contribution < -0.4 is 0 Å². The van der Waals surface area contributed by atoms with Crippen LogP contribution in [-0.2, 0) is 14.3 Å². The molecular formula is C19H34O3. The van der Waals surface area contributed by atoms with Crippen LogP contribution in [0.3, 0.4) is 0 Å². The van der Waals surface area contributed by atoms with Gasteiger partial charge in [0.25, 0.3) is 0 Å². The first kappa shape index (κ1) is 17.8. The standard InChI is InChI=1S/C19H34O3/c1-7-19(5,6)17(20)22-16(21-12-18(2,3)4)15-11-13-8-9-14(15)10-13/h13-16H,7-12H2,1-6H3. The molecule has 4 unspecified atom stereocenters. The predicted octanol–water partition coefficient (Wildman–Crippen LogP) is 4.79. The summed E-state index contributed by atoms with van der Waals surface area (Å²) in [6, 6.07) is 0. The number of fused-ring (bicyclic) bond motifs is 2. The third kappa shape index (κ3) is 4.24. The lowest BCUT2D eigenvalue weighted by Crippen LogP contribution is -2.38. The largest absolute Gasteiger partial charge is 0.435 e. The van der Waals surface area contributed by atoms with Crippen LogP contribution in [0.15, 0.2) is 0 Å². The minimum Gasteiger partial charge on any atom is -0.435 e. The molecule has 128 valence electrons. The van der Waals surface area contributed by atoms with Crippen LogP contribution in [0, 0.1) is 28.6 Å². The Morgan fingerprint density at radius 2 is 1.82 bits per heavy atom. The lowest BCUT2D eigenvalue weighted by atomic mass is 9.87. The molecule has 0 heterocycles. The van der Waals surface area contributed by atoms with Gasteiger partial charge in [0.1, 0.15) is 0 Å². The molecule has 0 aromatic heterocycles. The summed E-state index contributed by atoms with van der Waals surface area (Å²) >= 11 is 0. The van der Waals surface area contributed by atoms with Gasteiger partial charge < -0.3 is 9.47 Å². The zero-order chi connectivity index (χ0) is 16.5. The molecule has 2 fully saturated rings. The molecule has 0 aromatic rings. The zero-order valence-corrected chi connectivity index (χ0v) is 15.3. The molecule has 2 saturated carbocycles. The average molecular weight is 310 g/mol. The Morgan fingerprint density at radius 1 is 1.14 bits per heavy atom. The first-order valence-corrected chi connectivity index (χ1v) is 8.95. The van der Waals surface area contributed by atoms with Crippen molar-refractivity contribution in [2.24, 2.45) is 28.6 Å². The number of rotatable bonds is 6.